The van der Waals surface area contributed by atoms with Crippen LogP contribution in [0.3, 0.4) is 0 Å². The Morgan fingerprint density at radius 3 is 1.71 bits per heavy atom. The molecule has 0 aromatic rings. The topological polar surface area (TPSA) is 84.2 Å². The van der Waals surface area contributed by atoms with Crippen molar-refractivity contribution in [3.63, 3.8) is 0 Å². The summed E-state index contributed by atoms with van der Waals surface area (Å²) in [5.74, 6) is 1.46. The number of rotatable bonds is 23. The highest BCUT2D eigenvalue weighted by Gasteiger charge is 2.42. The lowest BCUT2D eigenvalue weighted by molar-refractivity contribution is -0.119. The minimum atomic E-state index is -0.0122. The van der Waals surface area contributed by atoms with Gasteiger partial charge < -0.3 is 16.4 Å². The smallest absolute Gasteiger partial charge is 0.315 e. The lowest BCUT2D eigenvalue weighted by atomic mass is 10.0. The summed E-state index contributed by atoms with van der Waals surface area (Å²) < 4.78 is 0. The number of nitrogens with one attached hydrogen (secondary N) is 2. The van der Waals surface area contributed by atoms with Gasteiger partial charge in [0.25, 0.3) is 0 Å². The van der Waals surface area contributed by atoms with Gasteiger partial charge in [0.2, 0.25) is 0 Å². The van der Waals surface area contributed by atoms with E-state index in [1.807, 2.05) is 11.8 Å². The second-order valence-electron chi connectivity index (χ2n) is 10.6. The van der Waals surface area contributed by atoms with Gasteiger partial charge >= 0.3 is 6.03 Å². The molecule has 2 aliphatic heterocycles. The minimum absolute atomic E-state index is 0.0122. The number of hydrogen-bond donors (Lipinski definition) is 3. The molecule has 2 saturated heterocycles. The number of hydrogen-bond acceptors (Lipinski definition) is 4. The number of nitrogens with two attached hydrogens (primary N) is 1. The van der Waals surface area contributed by atoms with Gasteiger partial charge in [-0.25, -0.2) is 4.79 Å². The third-order valence-corrected chi connectivity index (χ3v) is 9.05. The van der Waals surface area contributed by atoms with Crippen molar-refractivity contribution in [1.82, 2.24) is 10.6 Å². The number of unbranched alkanes of at least 4 members (excludes halogenated alkanes) is 16. The van der Waals surface area contributed by atoms with Crippen LogP contribution in [-0.4, -0.2) is 41.4 Å². The Labute approximate surface area is 213 Å². The van der Waals surface area contributed by atoms with E-state index < -0.39 is 0 Å². The zero-order valence-electron chi connectivity index (χ0n) is 21.8. The first-order valence-corrected chi connectivity index (χ1v) is 15.7. The van der Waals surface area contributed by atoms with Crippen LogP contribution in [0.15, 0.2) is 0 Å². The monoisotopic (exact) mass is 495 g/mol. The van der Waals surface area contributed by atoms with Gasteiger partial charge in [0.15, 0.2) is 0 Å². The van der Waals surface area contributed by atoms with E-state index in [2.05, 4.69) is 10.6 Å². The Kier molecular flexibility index (Phi) is 16.9. The molecule has 4 N–H and O–H groups in total. The first-order chi connectivity index (χ1) is 16.7. The van der Waals surface area contributed by atoms with Gasteiger partial charge in [-0.2, -0.15) is 11.8 Å². The van der Waals surface area contributed by atoms with Crippen LogP contribution in [0.1, 0.15) is 135 Å². The Morgan fingerprint density at radius 2 is 1.18 bits per heavy atom. The summed E-state index contributed by atoms with van der Waals surface area (Å²) in [5, 5.41) is 6.56. The zero-order valence-corrected chi connectivity index (χ0v) is 22.6. The first kappa shape index (κ1) is 29.5. The van der Waals surface area contributed by atoms with Crippen LogP contribution in [0.4, 0.5) is 4.79 Å². The van der Waals surface area contributed by atoms with Gasteiger partial charge in [0.1, 0.15) is 5.78 Å². The van der Waals surface area contributed by atoms with E-state index in [4.69, 9.17) is 5.73 Å². The molecule has 0 unspecified atom stereocenters. The normalized spacial score (nSPS) is 21.4. The summed E-state index contributed by atoms with van der Waals surface area (Å²) in [5.41, 5.74) is 5.52. The van der Waals surface area contributed by atoms with Crippen molar-refractivity contribution in [2.75, 3.05) is 12.3 Å². The van der Waals surface area contributed by atoms with Gasteiger partial charge in [-0.3, -0.25) is 4.79 Å². The van der Waals surface area contributed by atoms with Crippen molar-refractivity contribution in [3.05, 3.63) is 0 Å². The summed E-state index contributed by atoms with van der Waals surface area (Å²) >= 11 is 1.96. The third-order valence-electron chi connectivity index (χ3n) is 7.54. The molecule has 6 heteroatoms. The molecule has 0 spiro atoms. The van der Waals surface area contributed by atoms with Crippen LogP contribution >= 0.6 is 11.8 Å². The largest absolute Gasteiger partial charge is 0.332 e. The highest BCUT2D eigenvalue weighted by Crippen LogP contribution is 2.33. The van der Waals surface area contributed by atoms with Crippen LogP contribution in [0.5, 0.6) is 0 Å². The Bertz CT molecular complexity index is 546. The molecule has 5 nitrogen and oxygen atoms in total. The summed E-state index contributed by atoms with van der Waals surface area (Å²) in [4.78, 5) is 23.6. The molecule has 0 aliphatic carbocycles. The van der Waals surface area contributed by atoms with Gasteiger partial charge in [-0.1, -0.05) is 96.3 Å². The van der Waals surface area contributed by atoms with Crippen LogP contribution in [0, 0.1) is 0 Å². The van der Waals surface area contributed by atoms with E-state index in [0.29, 0.717) is 23.1 Å². The predicted molar refractivity (Wildman–Crippen MR) is 147 cm³/mol. The number of urea groups is 1. The molecule has 0 radical (unpaired) electrons. The number of fused-ring (bicyclic) bond motifs is 1. The lowest BCUT2D eigenvalue weighted by Gasteiger charge is -2.16. The fourth-order valence-corrected chi connectivity index (χ4v) is 6.92. The van der Waals surface area contributed by atoms with E-state index in [9.17, 15) is 9.59 Å². The summed E-state index contributed by atoms with van der Waals surface area (Å²) in [6, 6.07) is 0.586. The van der Waals surface area contributed by atoms with E-state index in [0.717, 1.165) is 50.8 Å². The zero-order chi connectivity index (χ0) is 24.3. The third kappa shape index (κ3) is 13.4. The van der Waals surface area contributed by atoms with E-state index in [1.54, 1.807) is 0 Å². The van der Waals surface area contributed by atoms with Gasteiger partial charge in [0, 0.05) is 23.8 Å². The Morgan fingerprint density at radius 1 is 0.706 bits per heavy atom. The molecule has 0 aromatic carbocycles. The number of amides is 2. The van der Waals surface area contributed by atoms with Crippen molar-refractivity contribution in [1.29, 1.82) is 0 Å². The van der Waals surface area contributed by atoms with Crippen molar-refractivity contribution >= 4 is 23.6 Å². The van der Waals surface area contributed by atoms with Crippen molar-refractivity contribution < 1.29 is 9.59 Å². The molecule has 198 valence electrons. The second kappa shape index (κ2) is 19.4. The second-order valence-corrected chi connectivity index (χ2v) is 11.9. The maximum atomic E-state index is 12.1. The summed E-state index contributed by atoms with van der Waals surface area (Å²) in [6.45, 7) is 0.851. The standard InChI is InChI=1S/C28H53N3O2S/c29-22-18-14-12-10-8-6-4-2-1-3-5-7-9-11-13-15-19-24(32)20-16-17-21-26-27-25(23-34-26)30-28(33)31-27/h25-27H,1-23,29H2,(H2,30,31,33)/t25-,26-,27-/m0/s1. The molecular weight excluding hydrogens is 442 g/mol. The Balaban J connectivity index is 1.26. The molecule has 2 amide bonds. The first-order valence-electron chi connectivity index (χ1n) is 14.6. The van der Waals surface area contributed by atoms with Gasteiger partial charge in [-0.15, -0.1) is 0 Å². The van der Waals surface area contributed by atoms with Crippen molar-refractivity contribution in [2.45, 2.75) is 152 Å². The molecular formula is C28H53N3O2S. The molecule has 34 heavy (non-hydrogen) atoms. The number of carbonyl (C=O) groups is 2. The molecule has 2 heterocycles. The predicted octanol–water partition coefficient (Wildman–Crippen LogP) is 6.87. The fraction of sp³-hybridized carbons (Fsp3) is 0.929. The number of carbonyl (C=O) groups excluding carboxylic acids is 2. The summed E-state index contributed by atoms with van der Waals surface area (Å²) in [7, 11) is 0. The molecule has 0 bridgehead atoms. The Hall–Kier alpha value is -0.750. The molecule has 2 rings (SSSR count). The maximum absolute atomic E-state index is 12.1. The number of Topliss-reactive ketones (excluding diaryl/α,β-unsaturated/α-hetero) is 1. The molecule has 2 fully saturated rings. The van der Waals surface area contributed by atoms with Crippen LogP contribution in [0.2, 0.25) is 0 Å². The number of ketones is 1. The van der Waals surface area contributed by atoms with Crippen molar-refractivity contribution in [3.8, 4) is 0 Å². The van der Waals surface area contributed by atoms with Gasteiger partial charge in [0.05, 0.1) is 12.1 Å². The lowest BCUT2D eigenvalue weighted by Crippen LogP contribution is -2.36. The van der Waals surface area contributed by atoms with E-state index >= 15 is 0 Å². The van der Waals surface area contributed by atoms with Gasteiger partial charge in [-0.05, 0) is 32.2 Å². The van der Waals surface area contributed by atoms with Crippen LogP contribution in [-0.2, 0) is 4.79 Å². The average molecular weight is 496 g/mol. The summed E-state index contributed by atoms with van der Waals surface area (Å²) in [6.07, 6.45) is 26.1. The van der Waals surface area contributed by atoms with E-state index in [-0.39, 0.29) is 6.03 Å². The van der Waals surface area contributed by atoms with Crippen molar-refractivity contribution in [2.24, 2.45) is 5.73 Å². The molecule has 0 aromatic heterocycles. The fourth-order valence-electron chi connectivity index (χ4n) is 5.38. The maximum Gasteiger partial charge on any atom is 0.315 e. The SMILES string of the molecule is NCCCCCCCCCCCCCCCCCCC(=O)CCCC[C@@H]1SC[C@@H]2NC(=O)N[C@@H]21. The molecule has 2 aliphatic rings. The minimum Gasteiger partial charge on any atom is -0.332 e. The van der Waals surface area contributed by atoms with Crippen LogP contribution in [0.25, 0.3) is 0 Å². The molecule has 3 atom stereocenters. The number of thioether (sulfide) groups is 1. The van der Waals surface area contributed by atoms with E-state index in [1.165, 1.54) is 96.3 Å². The highest BCUT2D eigenvalue weighted by atomic mass is 32.2. The quantitative estimate of drug-likeness (QED) is 0.107. The molecule has 0 saturated carbocycles. The van der Waals surface area contributed by atoms with Crippen LogP contribution < -0.4 is 16.4 Å². The highest BCUT2D eigenvalue weighted by molar-refractivity contribution is 8.00. The average Bonchev–Trinajstić information content (AvgIpc) is 3.38.